The SMILES string of the molecule is COc1ccc(C(=O)/C(C#N)=C/c2ccc(N(C)C)c([N+](=O)[O-])c2)cc1. The number of nitriles is 1. The third-order valence-corrected chi connectivity index (χ3v) is 3.71. The minimum atomic E-state index is -0.496. The average Bonchev–Trinajstić information content (AvgIpc) is 2.65. The van der Waals surface area contributed by atoms with Crippen molar-refractivity contribution in [2.24, 2.45) is 0 Å². The number of hydrogen-bond donors (Lipinski definition) is 0. The summed E-state index contributed by atoms with van der Waals surface area (Å²) in [4.78, 5) is 24.9. The molecule has 0 atom stereocenters. The Kier molecular flexibility index (Phi) is 5.71. The van der Waals surface area contributed by atoms with Crippen molar-refractivity contribution in [3.63, 3.8) is 0 Å². The molecule has 0 fully saturated rings. The van der Waals surface area contributed by atoms with E-state index in [0.717, 1.165) is 0 Å². The summed E-state index contributed by atoms with van der Waals surface area (Å²) in [6.45, 7) is 0. The van der Waals surface area contributed by atoms with Crippen LogP contribution in [0.1, 0.15) is 15.9 Å². The zero-order valence-electron chi connectivity index (χ0n) is 14.6. The maximum absolute atomic E-state index is 12.5. The monoisotopic (exact) mass is 351 g/mol. The highest BCUT2D eigenvalue weighted by molar-refractivity contribution is 6.14. The van der Waals surface area contributed by atoms with Crippen LogP contribution >= 0.6 is 0 Å². The maximum atomic E-state index is 12.5. The number of hydrogen-bond acceptors (Lipinski definition) is 6. The summed E-state index contributed by atoms with van der Waals surface area (Å²) in [6.07, 6.45) is 1.35. The molecule has 0 bridgehead atoms. The average molecular weight is 351 g/mol. The second-order valence-corrected chi connectivity index (χ2v) is 5.63. The number of benzene rings is 2. The summed E-state index contributed by atoms with van der Waals surface area (Å²) >= 11 is 0. The van der Waals surface area contributed by atoms with Crippen molar-refractivity contribution in [2.45, 2.75) is 0 Å². The van der Waals surface area contributed by atoms with Gasteiger partial charge in [0.25, 0.3) is 5.69 Å². The summed E-state index contributed by atoms with van der Waals surface area (Å²) in [5, 5.41) is 20.6. The number of ether oxygens (including phenoxy) is 1. The first kappa shape index (κ1) is 18.7. The lowest BCUT2D eigenvalue weighted by Gasteiger charge is -2.12. The molecule has 2 aromatic rings. The van der Waals surface area contributed by atoms with Gasteiger partial charge in [-0.2, -0.15) is 5.26 Å². The summed E-state index contributed by atoms with van der Waals surface area (Å²) in [5.41, 5.74) is 0.964. The second kappa shape index (κ2) is 7.94. The smallest absolute Gasteiger partial charge is 0.293 e. The molecule has 0 saturated heterocycles. The summed E-state index contributed by atoms with van der Waals surface area (Å²) in [5.74, 6) is 0.133. The molecule has 0 aliphatic rings. The van der Waals surface area contributed by atoms with E-state index in [2.05, 4.69) is 0 Å². The van der Waals surface area contributed by atoms with Crippen LogP contribution in [0, 0.1) is 21.4 Å². The molecule has 0 aliphatic carbocycles. The van der Waals surface area contributed by atoms with E-state index in [0.29, 0.717) is 22.6 Å². The fourth-order valence-electron chi connectivity index (χ4n) is 2.37. The topological polar surface area (TPSA) is 96.5 Å². The number of allylic oxidation sites excluding steroid dienone is 1. The number of carbonyl (C=O) groups is 1. The first-order valence-electron chi connectivity index (χ1n) is 7.63. The number of anilines is 1. The Morgan fingerprint density at radius 2 is 1.88 bits per heavy atom. The van der Waals surface area contributed by atoms with Crippen LogP contribution in [0.4, 0.5) is 11.4 Å². The first-order valence-corrected chi connectivity index (χ1v) is 7.63. The molecule has 2 rings (SSSR count). The zero-order chi connectivity index (χ0) is 19.3. The third-order valence-electron chi connectivity index (χ3n) is 3.71. The molecule has 26 heavy (non-hydrogen) atoms. The van der Waals surface area contributed by atoms with Crippen molar-refractivity contribution in [1.29, 1.82) is 5.26 Å². The van der Waals surface area contributed by atoms with Crippen LogP contribution in [0.2, 0.25) is 0 Å². The highest BCUT2D eigenvalue weighted by Crippen LogP contribution is 2.28. The van der Waals surface area contributed by atoms with Gasteiger partial charge >= 0.3 is 0 Å². The largest absolute Gasteiger partial charge is 0.497 e. The summed E-state index contributed by atoms with van der Waals surface area (Å²) < 4.78 is 5.04. The van der Waals surface area contributed by atoms with Crippen molar-refractivity contribution in [3.8, 4) is 11.8 Å². The molecule has 7 heteroatoms. The number of Topliss-reactive ketones (excluding diaryl/α,β-unsaturated/α-hetero) is 1. The van der Waals surface area contributed by atoms with Gasteiger partial charge in [0, 0.05) is 25.7 Å². The van der Waals surface area contributed by atoms with Gasteiger partial charge < -0.3 is 9.64 Å². The van der Waals surface area contributed by atoms with Crippen molar-refractivity contribution in [1.82, 2.24) is 0 Å². The second-order valence-electron chi connectivity index (χ2n) is 5.63. The van der Waals surface area contributed by atoms with Gasteiger partial charge in [0.1, 0.15) is 23.1 Å². The van der Waals surface area contributed by atoms with Crippen molar-refractivity contribution in [2.75, 3.05) is 26.1 Å². The van der Waals surface area contributed by atoms with E-state index in [1.165, 1.54) is 19.3 Å². The van der Waals surface area contributed by atoms with Gasteiger partial charge in [0.2, 0.25) is 5.78 Å². The molecule has 0 saturated carbocycles. The number of ketones is 1. The van der Waals surface area contributed by atoms with E-state index in [1.54, 1.807) is 55.4 Å². The summed E-state index contributed by atoms with van der Waals surface area (Å²) in [7, 11) is 4.92. The van der Waals surface area contributed by atoms with Crippen LogP contribution in [0.15, 0.2) is 48.0 Å². The van der Waals surface area contributed by atoms with E-state index in [4.69, 9.17) is 4.74 Å². The van der Waals surface area contributed by atoms with E-state index in [-0.39, 0.29) is 11.3 Å². The molecule has 0 N–H and O–H groups in total. The Balaban J connectivity index is 2.41. The van der Waals surface area contributed by atoms with E-state index in [9.17, 15) is 20.2 Å². The Bertz CT molecular complexity index is 909. The number of nitro benzene ring substituents is 1. The van der Waals surface area contributed by atoms with Crippen LogP contribution < -0.4 is 9.64 Å². The van der Waals surface area contributed by atoms with Gasteiger partial charge in [-0.05, 0) is 42.0 Å². The maximum Gasteiger partial charge on any atom is 0.293 e. The van der Waals surface area contributed by atoms with Gasteiger partial charge in [-0.25, -0.2) is 0 Å². The van der Waals surface area contributed by atoms with Gasteiger partial charge in [-0.3, -0.25) is 14.9 Å². The van der Waals surface area contributed by atoms with E-state index < -0.39 is 10.7 Å². The molecule has 0 aliphatic heterocycles. The minimum absolute atomic E-state index is 0.0991. The lowest BCUT2D eigenvalue weighted by Crippen LogP contribution is -2.11. The van der Waals surface area contributed by atoms with Crippen molar-refractivity contribution in [3.05, 3.63) is 69.3 Å². The van der Waals surface area contributed by atoms with Gasteiger partial charge in [-0.1, -0.05) is 6.07 Å². The molecule has 132 valence electrons. The van der Waals surface area contributed by atoms with Crippen molar-refractivity contribution >= 4 is 23.2 Å². The molecular weight excluding hydrogens is 334 g/mol. The predicted octanol–water partition coefficient (Wildman–Crippen LogP) is 3.46. The molecule has 2 aromatic carbocycles. The molecule has 0 aromatic heterocycles. The van der Waals surface area contributed by atoms with Crippen LogP contribution in [0.3, 0.4) is 0 Å². The zero-order valence-corrected chi connectivity index (χ0v) is 14.6. The lowest BCUT2D eigenvalue weighted by atomic mass is 10.0. The van der Waals surface area contributed by atoms with Gasteiger partial charge in [0.05, 0.1) is 12.0 Å². The minimum Gasteiger partial charge on any atom is -0.497 e. The molecule has 0 radical (unpaired) electrons. The van der Waals surface area contributed by atoms with E-state index in [1.807, 2.05) is 6.07 Å². The first-order chi connectivity index (χ1) is 12.4. The highest BCUT2D eigenvalue weighted by Gasteiger charge is 2.17. The van der Waals surface area contributed by atoms with Crippen LogP contribution in [-0.2, 0) is 0 Å². The fourth-order valence-corrected chi connectivity index (χ4v) is 2.37. The quantitative estimate of drug-likeness (QED) is 0.260. The normalized spacial score (nSPS) is 10.8. The number of carbonyl (C=O) groups excluding carboxylic acids is 1. The Morgan fingerprint density at radius 1 is 1.23 bits per heavy atom. The predicted molar refractivity (Wildman–Crippen MR) is 98.3 cm³/mol. The Labute approximate surface area is 150 Å². The number of methoxy groups -OCH3 is 1. The molecule has 0 amide bonds. The van der Waals surface area contributed by atoms with Crippen LogP contribution in [0.5, 0.6) is 5.75 Å². The lowest BCUT2D eigenvalue weighted by molar-refractivity contribution is -0.384. The Hall–Kier alpha value is -3.66. The third kappa shape index (κ3) is 4.05. The molecular formula is C19H17N3O4. The molecule has 7 nitrogen and oxygen atoms in total. The molecule has 0 heterocycles. The number of rotatable bonds is 6. The van der Waals surface area contributed by atoms with Gasteiger partial charge in [-0.15, -0.1) is 0 Å². The fraction of sp³-hybridized carbons (Fsp3) is 0.158. The molecule has 0 spiro atoms. The summed E-state index contributed by atoms with van der Waals surface area (Å²) in [6, 6.07) is 12.8. The number of nitrogens with zero attached hydrogens (tertiary/aromatic N) is 3. The van der Waals surface area contributed by atoms with Gasteiger partial charge in [0.15, 0.2) is 0 Å². The standard InChI is InChI=1S/C19H17N3O4/c1-21(2)17-9-4-13(11-18(17)22(24)25)10-15(12-20)19(23)14-5-7-16(26-3)8-6-14/h4-11H,1-3H3/b15-10+. The van der Waals surface area contributed by atoms with Crippen molar-refractivity contribution < 1.29 is 14.5 Å². The van der Waals surface area contributed by atoms with E-state index >= 15 is 0 Å². The molecule has 0 unspecified atom stereocenters. The number of nitro groups is 1. The highest BCUT2D eigenvalue weighted by atomic mass is 16.6. The van der Waals surface area contributed by atoms with Crippen LogP contribution in [-0.4, -0.2) is 31.9 Å². The Morgan fingerprint density at radius 3 is 2.38 bits per heavy atom. The van der Waals surface area contributed by atoms with Crippen LogP contribution in [0.25, 0.3) is 6.08 Å².